The fourth-order valence-electron chi connectivity index (χ4n) is 4.57. The number of benzene rings is 1. The molecule has 2 N–H and O–H groups in total. The number of carbonyl (C=O) groups excluding carboxylic acids is 3. The minimum Gasteiger partial charge on any atom is -0.346 e. The van der Waals surface area contributed by atoms with E-state index in [-0.39, 0.29) is 29.7 Å². The topological polar surface area (TPSA) is 80.2 Å². The largest absolute Gasteiger partial charge is 0.346 e. The molecule has 178 valence electrons. The number of aryl methyl sites for hydroxylation is 1. The Bertz CT molecular complexity index is 1070. The van der Waals surface area contributed by atoms with E-state index in [1.54, 1.807) is 20.8 Å². The van der Waals surface area contributed by atoms with Gasteiger partial charge in [0.1, 0.15) is 12.5 Å². The summed E-state index contributed by atoms with van der Waals surface area (Å²) in [6.07, 6.45) is 3.61. The molecule has 3 rings (SSSR count). The zero-order chi connectivity index (χ0) is 24.3. The van der Waals surface area contributed by atoms with Crippen molar-refractivity contribution in [1.82, 2.24) is 9.88 Å². The Labute approximate surface area is 192 Å². The van der Waals surface area contributed by atoms with E-state index in [0.29, 0.717) is 28.4 Å². The molecule has 0 spiro atoms. The average molecular weight is 460 g/mol. The lowest BCUT2D eigenvalue weighted by atomic mass is 9.87. The SMILES string of the molecule is Cc1cc(NC(=O)c2c(C)c(C(=O)C(=O)NC3CCC(C)CC3)n(CCF)c2C)ccc1F. The number of anilines is 1. The lowest BCUT2D eigenvalue weighted by molar-refractivity contribution is -0.118. The fraction of sp³-hybridized carbons (Fsp3) is 0.480. The first-order chi connectivity index (χ1) is 15.6. The molecular formula is C25H31F2N3O3. The predicted molar refractivity (Wildman–Crippen MR) is 123 cm³/mol. The molecule has 0 aliphatic heterocycles. The van der Waals surface area contributed by atoms with Crippen molar-refractivity contribution in [3.63, 3.8) is 0 Å². The van der Waals surface area contributed by atoms with Crippen LogP contribution in [0.5, 0.6) is 0 Å². The second-order valence-corrected chi connectivity index (χ2v) is 8.95. The van der Waals surface area contributed by atoms with Crippen molar-refractivity contribution in [2.75, 3.05) is 12.0 Å². The predicted octanol–water partition coefficient (Wildman–Crippen LogP) is 4.65. The fourth-order valence-corrected chi connectivity index (χ4v) is 4.57. The van der Waals surface area contributed by atoms with E-state index in [1.165, 1.54) is 22.8 Å². The number of aromatic nitrogens is 1. The van der Waals surface area contributed by atoms with Crippen LogP contribution in [0.25, 0.3) is 0 Å². The Morgan fingerprint density at radius 1 is 1.09 bits per heavy atom. The van der Waals surface area contributed by atoms with Crippen molar-refractivity contribution >= 4 is 23.3 Å². The maximum Gasteiger partial charge on any atom is 0.294 e. The third-order valence-electron chi connectivity index (χ3n) is 6.49. The number of hydrogen-bond donors (Lipinski definition) is 2. The summed E-state index contributed by atoms with van der Waals surface area (Å²) < 4.78 is 28.3. The zero-order valence-electron chi connectivity index (χ0n) is 19.6. The van der Waals surface area contributed by atoms with E-state index in [9.17, 15) is 23.2 Å². The Morgan fingerprint density at radius 2 is 1.76 bits per heavy atom. The third kappa shape index (κ3) is 5.31. The van der Waals surface area contributed by atoms with Crippen molar-refractivity contribution < 1.29 is 23.2 Å². The van der Waals surface area contributed by atoms with E-state index in [4.69, 9.17) is 0 Å². The summed E-state index contributed by atoms with van der Waals surface area (Å²) in [5, 5.41) is 5.52. The second-order valence-electron chi connectivity index (χ2n) is 8.95. The summed E-state index contributed by atoms with van der Waals surface area (Å²) >= 11 is 0. The van der Waals surface area contributed by atoms with Crippen LogP contribution in [-0.2, 0) is 11.3 Å². The van der Waals surface area contributed by atoms with E-state index < -0.39 is 24.3 Å². The molecule has 1 aliphatic rings. The van der Waals surface area contributed by atoms with E-state index in [0.717, 1.165) is 25.7 Å². The molecule has 1 aromatic carbocycles. The minimum atomic E-state index is -0.778. The summed E-state index contributed by atoms with van der Waals surface area (Å²) in [6, 6.07) is 4.13. The maximum absolute atomic E-state index is 13.6. The number of hydrogen-bond acceptors (Lipinski definition) is 3. The number of alkyl halides is 1. The lowest BCUT2D eigenvalue weighted by Crippen LogP contribution is -2.41. The molecule has 2 amide bonds. The average Bonchev–Trinajstić information content (AvgIpc) is 3.01. The number of amides is 2. The van der Waals surface area contributed by atoms with Crippen LogP contribution in [0.3, 0.4) is 0 Å². The van der Waals surface area contributed by atoms with Gasteiger partial charge in [0, 0.05) is 17.4 Å². The first kappa shape index (κ1) is 24.6. The van der Waals surface area contributed by atoms with Crippen LogP contribution in [0.4, 0.5) is 14.5 Å². The molecule has 0 saturated heterocycles. The van der Waals surface area contributed by atoms with Gasteiger partial charge >= 0.3 is 0 Å². The van der Waals surface area contributed by atoms with Crippen LogP contribution in [-0.4, -0.2) is 34.9 Å². The summed E-state index contributed by atoms with van der Waals surface area (Å²) in [6.45, 7) is 6.04. The quantitative estimate of drug-likeness (QED) is 0.467. The van der Waals surface area contributed by atoms with Gasteiger partial charge in [-0.05, 0) is 81.7 Å². The Hall–Kier alpha value is -3.03. The van der Waals surface area contributed by atoms with E-state index >= 15 is 0 Å². The highest BCUT2D eigenvalue weighted by molar-refractivity contribution is 6.43. The van der Waals surface area contributed by atoms with Crippen molar-refractivity contribution in [1.29, 1.82) is 0 Å². The number of carbonyl (C=O) groups is 3. The number of rotatable bonds is 7. The monoisotopic (exact) mass is 459 g/mol. The number of ketones is 1. The molecule has 1 fully saturated rings. The molecule has 0 bridgehead atoms. The van der Waals surface area contributed by atoms with Crippen molar-refractivity contribution in [2.45, 2.75) is 66.0 Å². The Balaban J connectivity index is 1.87. The molecule has 1 aliphatic carbocycles. The summed E-state index contributed by atoms with van der Waals surface area (Å²) in [7, 11) is 0. The van der Waals surface area contributed by atoms with Gasteiger partial charge in [-0.25, -0.2) is 8.78 Å². The third-order valence-corrected chi connectivity index (χ3v) is 6.49. The summed E-state index contributed by atoms with van der Waals surface area (Å²) in [5.74, 6) is -1.81. The number of nitrogens with one attached hydrogen (secondary N) is 2. The van der Waals surface area contributed by atoms with Crippen LogP contribution >= 0.6 is 0 Å². The van der Waals surface area contributed by atoms with Gasteiger partial charge in [0.05, 0.1) is 17.8 Å². The van der Waals surface area contributed by atoms with Gasteiger partial charge in [-0.1, -0.05) is 6.92 Å². The molecule has 0 radical (unpaired) electrons. The van der Waals surface area contributed by atoms with Gasteiger partial charge in [-0.3, -0.25) is 14.4 Å². The van der Waals surface area contributed by atoms with Gasteiger partial charge < -0.3 is 15.2 Å². The summed E-state index contributed by atoms with van der Waals surface area (Å²) in [4.78, 5) is 38.9. The molecule has 1 saturated carbocycles. The zero-order valence-corrected chi connectivity index (χ0v) is 19.6. The van der Waals surface area contributed by atoms with Crippen LogP contribution in [0.2, 0.25) is 0 Å². The second kappa shape index (κ2) is 10.3. The molecule has 33 heavy (non-hydrogen) atoms. The molecule has 2 aromatic rings. The van der Waals surface area contributed by atoms with Gasteiger partial charge in [-0.15, -0.1) is 0 Å². The lowest BCUT2D eigenvalue weighted by Gasteiger charge is -2.26. The minimum absolute atomic E-state index is 0.0206. The molecule has 0 atom stereocenters. The number of nitrogens with zero attached hydrogens (tertiary/aromatic N) is 1. The van der Waals surface area contributed by atoms with Crippen molar-refractivity contribution in [3.05, 3.63) is 52.1 Å². The van der Waals surface area contributed by atoms with Crippen molar-refractivity contribution in [2.24, 2.45) is 5.92 Å². The number of Topliss-reactive ketones (excluding diaryl/α,β-unsaturated/α-hetero) is 1. The number of halogens is 2. The summed E-state index contributed by atoms with van der Waals surface area (Å²) in [5.41, 5.74) is 1.70. The first-order valence-corrected chi connectivity index (χ1v) is 11.3. The van der Waals surface area contributed by atoms with Crippen LogP contribution < -0.4 is 10.6 Å². The molecule has 1 aromatic heterocycles. The highest BCUT2D eigenvalue weighted by atomic mass is 19.1. The normalized spacial score (nSPS) is 18.1. The van der Waals surface area contributed by atoms with Crippen LogP contribution in [0.1, 0.15) is 70.3 Å². The van der Waals surface area contributed by atoms with Crippen molar-refractivity contribution in [3.8, 4) is 0 Å². The van der Waals surface area contributed by atoms with Gasteiger partial charge in [0.25, 0.3) is 17.6 Å². The van der Waals surface area contributed by atoms with E-state index in [2.05, 4.69) is 17.6 Å². The van der Waals surface area contributed by atoms with Crippen LogP contribution in [0, 0.1) is 32.5 Å². The maximum atomic E-state index is 13.6. The van der Waals surface area contributed by atoms with Gasteiger partial charge in [-0.2, -0.15) is 0 Å². The standard InChI is InChI=1S/C25H31F2N3O3/c1-14-5-7-18(8-6-14)28-25(33)23(31)22-16(3)21(17(4)30(22)12-11-26)24(32)29-19-9-10-20(27)15(2)13-19/h9-10,13-14,18H,5-8,11-12H2,1-4H3,(H,28,33)(H,29,32). The Morgan fingerprint density at radius 3 is 2.36 bits per heavy atom. The highest BCUT2D eigenvalue weighted by Gasteiger charge is 2.31. The Kier molecular flexibility index (Phi) is 7.66. The van der Waals surface area contributed by atoms with Gasteiger partial charge in [0.15, 0.2) is 0 Å². The molecule has 6 nitrogen and oxygen atoms in total. The van der Waals surface area contributed by atoms with Gasteiger partial charge in [0.2, 0.25) is 0 Å². The molecular weight excluding hydrogens is 428 g/mol. The molecule has 1 heterocycles. The highest BCUT2D eigenvalue weighted by Crippen LogP contribution is 2.26. The molecule has 8 heteroatoms. The van der Waals surface area contributed by atoms with Crippen LogP contribution in [0.15, 0.2) is 18.2 Å². The first-order valence-electron chi connectivity index (χ1n) is 11.3. The smallest absolute Gasteiger partial charge is 0.294 e. The van der Waals surface area contributed by atoms with E-state index in [1.807, 2.05) is 0 Å². The molecule has 0 unspecified atom stereocenters.